The SMILES string of the molecule is C=CC=CCC(=C)CCO. The molecule has 0 atom stereocenters. The molecule has 0 aromatic heterocycles. The molecule has 0 aliphatic heterocycles. The van der Waals surface area contributed by atoms with E-state index in [0.717, 1.165) is 12.0 Å². The lowest BCUT2D eigenvalue weighted by molar-refractivity contribution is 0.299. The van der Waals surface area contributed by atoms with Gasteiger partial charge < -0.3 is 5.11 Å². The molecule has 0 aliphatic rings. The molecular weight excluding hydrogens is 124 g/mol. The summed E-state index contributed by atoms with van der Waals surface area (Å²) in [6.07, 6.45) is 7.12. The van der Waals surface area contributed by atoms with Gasteiger partial charge in [-0.1, -0.05) is 37.0 Å². The van der Waals surface area contributed by atoms with E-state index in [-0.39, 0.29) is 6.61 Å². The van der Waals surface area contributed by atoms with Crippen molar-refractivity contribution in [1.82, 2.24) is 0 Å². The molecule has 0 unspecified atom stereocenters. The summed E-state index contributed by atoms with van der Waals surface area (Å²) in [5.74, 6) is 0. The Hall–Kier alpha value is -0.820. The van der Waals surface area contributed by atoms with Gasteiger partial charge in [-0.15, -0.1) is 0 Å². The van der Waals surface area contributed by atoms with Gasteiger partial charge in [0.25, 0.3) is 0 Å². The number of aliphatic hydroxyl groups is 1. The van der Waals surface area contributed by atoms with E-state index >= 15 is 0 Å². The molecule has 1 nitrogen and oxygen atoms in total. The lowest BCUT2D eigenvalue weighted by Gasteiger charge is -1.95. The summed E-state index contributed by atoms with van der Waals surface area (Å²) in [6.45, 7) is 7.50. The average Bonchev–Trinajstić information content (AvgIpc) is 1.89. The minimum atomic E-state index is 0.195. The first kappa shape index (κ1) is 9.18. The van der Waals surface area contributed by atoms with Crippen LogP contribution in [0.3, 0.4) is 0 Å². The maximum atomic E-state index is 8.49. The molecule has 0 saturated heterocycles. The Kier molecular flexibility index (Phi) is 5.79. The molecule has 56 valence electrons. The van der Waals surface area contributed by atoms with E-state index in [1.807, 2.05) is 12.2 Å². The van der Waals surface area contributed by atoms with Gasteiger partial charge in [0.1, 0.15) is 0 Å². The van der Waals surface area contributed by atoms with E-state index in [2.05, 4.69) is 13.2 Å². The van der Waals surface area contributed by atoms with Gasteiger partial charge in [0.2, 0.25) is 0 Å². The fourth-order valence-electron chi connectivity index (χ4n) is 0.591. The molecule has 1 N–H and O–H groups in total. The predicted octanol–water partition coefficient (Wildman–Crippen LogP) is 2.06. The van der Waals surface area contributed by atoms with Crippen LogP contribution < -0.4 is 0 Å². The van der Waals surface area contributed by atoms with Gasteiger partial charge in [0.05, 0.1) is 0 Å². The van der Waals surface area contributed by atoms with Crippen LogP contribution in [0.4, 0.5) is 0 Å². The van der Waals surface area contributed by atoms with Gasteiger partial charge in [-0.25, -0.2) is 0 Å². The van der Waals surface area contributed by atoms with Gasteiger partial charge in [-0.05, 0) is 12.8 Å². The summed E-state index contributed by atoms with van der Waals surface area (Å²) < 4.78 is 0. The van der Waals surface area contributed by atoms with Crippen molar-refractivity contribution >= 4 is 0 Å². The van der Waals surface area contributed by atoms with Gasteiger partial charge >= 0.3 is 0 Å². The third-order valence-electron chi connectivity index (χ3n) is 1.14. The first-order chi connectivity index (χ1) is 4.81. The van der Waals surface area contributed by atoms with Crippen molar-refractivity contribution in [2.45, 2.75) is 12.8 Å². The maximum Gasteiger partial charge on any atom is 0.0468 e. The Morgan fingerprint density at radius 1 is 1.50 bits per heavy atom. The lowest BCUT2D eigenvalue weighted by atomic mass is 10.1. The van der Waals surface area contributed by atoms with Crippen molar-refractivity contribution in [3.05, 3.63) is 37.0 Å². The number of hydrogen-bond acceptors (Lipinski definition) is 1. The topological polar surface area (TPSA) is 20.2 Å². The van der Waals surface area contributed by atoms with Crippen LogP contribution in [0, 0.1) is 0 Å². The number of rotatable bonds is 5. The van der Waals surface area contributed by atoms with Gasteiger partial charge in [0.15, 0.2) is 0 Å². The highest BCUT2D eigenvalue weighted by Gasteiger charge is 1.87. The van der Waals surface area contributed by atoms with Crippen LogP contribution in [-0.4, -0.2) is 11.7 Å². The fraction of sp³-hybridized carbons (Fsp3) is 0.333. The summed E-state index contributed by atoms with van der Waals surface area (Å²) >= 11 is 0. The van der Waals surface area contributed by atoms with Crippen molar-refractivity contribution in [3.8, 4) is 0 Å². The predicted molar refractivity (Wildman–Crippen MR) is 44.8 cm³/mol. The van der Waals surface area contributed by atoms with Crippen molar-refractivity contribution in [2.75, 3.05) is 6.61 Å². The Balaban J connectivity index is 3.38. The molecule has 0 aliphatic carbocycles. The zero-order valence-corrected chi connectivity index (χ0v) is 6.21. The normalized spacial score (nSPS) is 10.1. The van der Waals surface area contributed by atoms with Crippen LogP contribution in [0.15, 0.2) is 37.0 Å². The highest BCUT2D eigenvalue weighted by atomic mass is 16.2. The largest absolute Gasteiger partial charge is 0.396 e. The first-order valence-corrected chi connectivity index (χ1v) is 3.36. The Labute approximate surface area is 62.4 Å². The summed E-state index contributed by atoms with van der Waals surface area (Å²) in [4.78, 5) is 0. The zero-order chi connectivity index (χ0) is 7.82. The van der Waals surface area contributed by atoms with E-state index in [9.17, 15) is 0 Å². The molecule has 0 aromatic rings. The average molecular weight is 138 g/mol. The van der Waals surface area contributed by atoms with E-state index in [0.29, 0.717) is 6.42 Å². The van der Waals surface area contributed by atoms with Crippen LogP contribution >= 0.6 is 0 Å². The molecule has 1 heteroatoms. The van der Waals surface area contributed by atoms with E-state index in [1.165, 1.54) is 0 Å². The van der Waals surface area contributed by atoms with Gasteiger partial charge in [-0.3, -0.25) is 0 Å². The van der Waals surface area contributed by atoms with Crippen LogP contribution in [0.2, 0.25) is 0 Å². The minimum absolute atomic E-state index is 0.195. The van der Waals surface area contributed by atoms with E-state index < -0.39 is 0 Å². The third kappa shape index (κ3) is 5.32. The Morgan fingerprint density at radius 3 is 2.70 bits per heavy atom. The van der Waals surface area contributed by atoms with Crippen molar-refractivity contribution in [3.63, 3.8) is 0 Å². The molecule has 0 spiro atoms. The van der Waals surface area contributed by atoms with Gasteiger partial charge in [0, 0.05) is 6.61 Å². The zero-order valence-electron chi connectivity index (χ0n) is 6.21. The molecule has 10 heavy (non-hydrogen) atoms. The fourth-order valence-corrected chi connectivity index (χ4v) is 0.591. The van der Waals surface area contributed by atoms with Crippen LogP contribution in [0.25, 0.3) is 0 Å². The number of hydrogen-bond donors (Lipinski definition) is 1. The highest BCUT2D eigenvalue weighted by molar-refractivity contribution is 5.06. The van der Waals surface area contributed by atoms with Gasteiger partial charge in [-0.2, -0.15) is 0 Å². The maximum absolute atomic E-state index is 8.49. The van der Waals surface area contributed by atoms with Crippen molar-refractivity contribution in [2.24, 2.45) is 0 Å². The second-order valence-corrected chi connectivity index (χ2v) is 2.09. The summed E-state index contributed by atoms with van der Waals surface area (Å²) in [6, 6.07) is 0. The van der Waals surface area contributed by atoms with Crippen molar-refractivity contribution in [1.29, 1.82) is 0 Å². The van der Waals surface area contributed by atoms with E-state index in [1.54, 1.807) is 6.08 Å². The molecular formula is C9H14O. The number of aliphatic hydroxyl groups excluding tert-OH is 1. The van der Waals surface area contributed by atoms with Crippen LogP contribution in [0.1, 0.15) is 12.8 Å². The first-order valence-electron chi connectivity index (χ1n) is 3.36. The third-order valence-corrected chi connectivity index (χ3v) is 1.14. The molecule has 0 aromatic carbocycles. The van der Waals surface area contributed by atoms with Crippen molar-refractivity contribution < 1.29 is 5.11 Å². The van der Waals surface area contributed by atoms with Crippen LogP contribution in [0.5, 0.6) is 0 Å². The summed E-state index contributed by atoms with van der Waals surface area (Å²) in [5, 5.41) is 8.49. The highest BCUT2D eigenvalue weighted by Crippen LogP contribution is 2.02. The summed E-state index contributed by atoms with van der Waals surface area (Å²) in [7, 11) is 0. The molecule has 0 heterocycles. The Morgan fingerprint density at radius 2 is 2.20 bits per heavy atom. The number of allylic oxidation sites excluding steroid dienone is 3. The molecule has 0 radical (unpaired) electrons. The molecule has 0 fully saturated rings. The minimum Gasteiger partial charge on any atom is -0.396 e. The molecule has 0 bridgehead atoms. The second-order valence-electron chi connectivity index (χ2n) is 2.09. The molecule has 0 amide bonds. The Bertz CT molecular complexity index is 134. The van der Waals surface area contributed by atoms with E-state index in [4.69, 9.17) is 5.11 Å². The standard InChI is InChI=1S/C9H14O/c1-3-4-5-6-9(2)7-8-10/h3-5,10H,1-2,6-8H2. The molecule has 0 rings (SSSR count). The van der Waals surface area contributed by atoms with Crippen LogP contribution in [-0.2, 0) is 0 Å². The smallest absolute Gasteiger partial charge is 0.0468 e. The quantitative estimate of drug-likeness (QED) is 0.455. The second kappa shape index (κ2) is 6.30. The molecule has 0 saturated carbocycles. The summed E-state index contributed by atoms with van der Waals surface area (Å²) in [5.41, 5.74) is 1.06. The monoisotopic (exact) mass is 138 g/mol. The lowest BCUT2D eigenvalue weighted by Crippen LogP contribution is -1.84.